The first-order valence-corrected chi connectivity index (χ1v) is 4.21. The third kappa shape index (κ3) is 7.27. The molecule has 14 heavy (non-hydrogen) atoms. The van der Waals surface area contributed by atoms with E-state index in [-0.39, 0.29) is 0 Å². The standard InChI is InChI=1S/C7H9NO.C3H7NO/c8-9-6-7-4-2-1-3-5-7;1-3(2)4-5/h1-5H,6,8H2;5H,1-2H3. The average molecular weight is 196 g/mol. The predicted molar refractivity (Wildman–Crippen MR) is 56.0 cm³/mol. The third-order valence-electron chi connectivity index (χ3n) is 1.29. The maximum absolute atomic E-state index is 7.73. The molecular formula is C10H16N2O2. The van der Waals surface area contributed by atoms with Gasteiger partial charge in [0.05, 0.1) is 12.3 Å². The van der Waals surface area contributed by atoms with Crippen molar-refractivity contribution < 1.29 is 10.0 Å². The quantitative estimate of drug-likeness (QED) is 0.431. The maximum atomic E-state index is 7.73. The molecule has 0 heterocycles. The molecular weight excluding hydrogens is 180 g/mol. The van der Waals surface area contributed by atoms with Gasteiger partial charge in [-0.25, -0.2) is 5.90 Å². The van der Waals surface area contributed by atoms with Gasteiger partial charge in [0.2, 0.25) is 0 Å². The van der Waals surface area contributed by atoms with Gasteiger partial charge in [-0.3, -0.25) is 4.84 Å². The smallest absolute Gasteiger partial charge is 0.0930 e. The Balaban J connectivity index is 0.000000292. The van der Waals surface area contributed by atoms with Crippen molar-refractivity contribution in [2.45, 2.75) is 20.5 Å². The number of nitrogens with zero attached hydrogens (tertiary/aromatic N) is 1. The lowest BCUT2D eigenvalue weighted by Gasteiger charge is -1.94. The molecule has 0 atom stereocenters. The van der Waals surface area contributed by atoms with Crippen LogP contribution in [0.1, 0.15) is 19.4 Å². The Hall–Kier alpha value is -1.39. The van der Waals surface area contributed by atoms with Crippen LogP contribution in [0.15, 0.2) is 35.5 Å². The molecule has 0 aliphatic carbocycles. The zero-order chi connectivity index (χ0) is 10.8. The van der Waals surface area contributed by atoms with Gasteiger partial charge in [0.1, 0.15) is 0 Å². The zero-order valence-electron chi connectivity index (χ0n) is 8.47. The fraction of sp³-hybridized carbons (Fsp3) is 0.300. The second kappa shape index (κ2) is 8.22. The Morgan fingerprint density at radius 2 is 1.86 bits per heavy atom. The van der Waals surface area contributed by atoms with Crippen LogP contribution < -0.4 is 5.90 Å². The van der Waals surface area contributed by atoms with Gasteiger partial charge >= 0.3 is 0 Å². The van der Waals surface area contributed by atoms with Crippen molar-refractivity contribution in [2.24, 2.45) is 11.1 Å². The third-order valence-corrected chi connectivity index (χ3v) is 1.29. The first-order chi connectivity index (χ1) is 6.70. The molecule has 0 radical (unpaired) electrons. The van der Waals surface area contributed by atoms with E-state index in [1.807, 2.05) is 30.3 Å². The number of rotatable bonds is 2. The minimum atomic E-state index is 0.487. The Kier molecular flexibility index (Phi) is 7.40. The lowest BCUT2D eigenvalue weighted by Crippen LogP contribution is -1.97. The van der Waals surface area contributed by atoms with Crippen molar-refractivity contribution in [1.82, 2.24) is 0 Å². The highest BCUT2D eigenvalue weighted by Crippen LogP contribution is 1.97. The fourth-order valence-corrected chi connectivity index (χ4v) is 0.670. The summed E-state index contributed by atoms with van der Waals surface area (Å²) in [6.45, 7) is 3.93. The van der Waals surface area contributed by atoms with Gasteiger partial charge in [-0.2, -0.15) is 0 Å². The highest BCUT2D eigenvalue weighted by molar-refractivity contribution is 5.78. The van der Waals surface area contributed by atoms with Crippen LogP contribution in [-0.4, -0.2) is 10.9 Å². The van der Waals surface area contributed by atoms with Crippen molar-refractivity contribution >= 4 is 5.71 Å². The van der Waals surface area contributed by atoms with E-state index in [0.29, 0.717) is 12.3 Å². The van der Waals surface area contributed by atoms with Crippen LogP contribution in [0.5, 0.6) is 0 Å². The second-order valence-electron chi connectivity index (χ2n) is 2.84. The molecule has 0 aromatic heterocycles. The summed E-state index contributed by atoms with van der Waals surface area (Å²) in [4.78, 5) is 4.43. The van der Waals surface area contributed by atoms with Crippen LogP contribution in [0.3, 0.4) is 0 Å². The number of hydrogen-bond acceptors (Lipinski definition) is 4. The second-order valence-corrected chi connectivity index (χ2v) is 2.84. The van der Waals surface area contributed by atoms with E-state index in [4.69, 9.17) is 11.1 Å². The summed E-state index contributed by atoms with van der Waals surface area (Å²) in [7, 11) is 0. The van der Waals surface area contributed by atoms with E-state index >= 15 is 0 Å². The van der Waals surface area contributed by atoms with E-state index < -0.39 is 0 Å². The van der Waals surface area contributed by atoms with E-state index in [9.17, 15) is 0 Å². The van der Waals surface area contributed by atoms with Gasteiger partial charge in [-0.05, 0) is 19.4 Å². The Labute approximate surface area is 83.9 Å². The summed E-state index contributed by atoms with van der Waals surface area (Å²) in [5, 5.41) is 10.5. The van der Waals surface area contributed by atoms with Crippen molar-refractivity contribution in [3.8, 4) is 0 Å². The summed E-state index contributed by atoms with van der Waals surface area (Å²) in [5.41, 5.74) is 1.78. The molecule has 0 saturated heterocycles. The number of benzene rings is 1. The van der Waals surface area contributed by atoms with Crippen LogP contribution in [0.25, 0.3) is 0 Å². The van der Waals surface area contributed by atoms with Crippen molar-refractivity contribution in [3.05, 3.63) is 35.9 Å². The SMILES string of the molecule is CC(C)=NO.NOCc1ccccc1. The Morgan fingerprint density at radius 1 is 1.36 bits per heavy atom. The molecule has 0 aliphatic heterocycles. The van der Waals surface area contributed by atoms with Gasteiger partial charge in [0.25, 0.3) is 0 Å². The van der Waals surface area contributed by atoms with E-state index in [1.54, 1.807) is 13.8 Å². The number of nitrogens with two attached hydrogens (primary N) is 1. The summed E-state index contributed by atoms with van der Waals surface area (Å²) in [6, 6.07) is 9.79. The lowest BCUT2D eigenvalue weighted by molar-refractivity contribution is 0.124. The molecule has 3 N–H and O–H groups in total. The monoisotopic (exact) mass is 196 g/mol. The number of oxime groups is 1. The molecule has 0 spiro atoms. The topological polar surface area (TPSA) is 67.8 Å². The van der Waals surface area contributed by atoms with Gasteiger partial charge in [-0.15, -0.1) is 0 Å². The molecule has 4 heteroatoms. The molecule has 1 aromatic carbocycles. The Morgan fingerprint density at radius 3 is 2.21 bits per heavy atom. The van der Waals surface area contributed by atoms with Gasteiger partial charge in [0, 0.05) is 0 Å². The first kappa shape index (κ1) is 12.6. The highest BCUT2D eigenvalue weighted by atomic mass is 16.6. The van der Waals surface area contributed by atoms with E-state index in [1.165, 1.54) is 0 Å². The van der Waals surface area contributed by atoms with Gasteiger partial charge in [0.15, 0.2) is 0 Å². The fourth-order valence-electron chi connectivity index (χ4n) is 0.670. The normalized spacial score (nSPS) is 8.50. The maximum Gasteiger partial charge on any atom is 0.0930 e. The molecule has 0 unspecified atom stereocenters. The van der Waals surface area contributed by atoms with E-state index in [2.05, 4.69) is 9.99 Å². The Bertz CT molecular complexity index is 256. The van der Waals surface area contributed by atoms with Crippen LogP contribution >= 0.6 is 0 Å². The molecule has 1 aromatic rings. The largest absolute Gasteiger partial charge is 0.411 e. The highest BCUT2D eigenvalue weighted by Gasteiger charge is 1.85. The summed E-state index contributed by atoms with van der Waals surface area (Å²) in [6.07, 6.45) is 0. The summed E-state index contributed by atoms with van der Waals surface area (Å²) < 4.78 is 0. The summed E-state index contributed by atoms with van der Waals surface area (Å²) in [5.74, 6) is 4.86. The van der Waals surface area contributed by atoms with E-state index in [0.717, 1.165) is 5.56 Å². The molecule has 0 aliphatic rings. The minimum absolute atomic E-state index is 0.487. The van der Waals surface area contributed by atoms with Crippen molar-refractivity contribution in [3.63, 3.8) is 0 Å². The van der Waals surface area contributed by atoms with Gasteiger partial charge < -0.3 is 5.21 Å². The molecule has 0 bridgehead atoms. The van der Waals surface area contributed by atoms with Crippen molar-refractivity contribution in [1.29, 1.82) is 0 Å². The van der Waals surface area contributed by atoms with Crippen LogP contribution in [0.2, 0.25) is 0 Å². The molecule has 0 amide bonds. The molecule has 1 rings (SSSR count). The molecule has 4 nitrogen and oxygen atoms in total. The molecule has 0 saturated carbocycles. The number of hydrogen-bond donors (Lipinski definition) is 2. The zero-order valence-corrected chi connectivity index (χ0v) is 8.47. The van der Waals surface area contributed by atoms with Gasteiger partial charge in [-0.1, -0.05) is 35.5 Å². The van der Waals surface area contributed by atoms with Crippen LogP contribution in [0, 0.1) is 0 Å². The van der Waals surface area contributed by atoms with Crippen LogP contribution in [0.4, 0.5) is 0 Å². The minimum Gasteiger partial charge on any atom is -0.411 e. The summed E-state index contributed by atoms with van der Waals surface area (Å²) >= 11 is 0. The molecule has 0 fully saturated rings. The lowest BCUT2D eigenvalue weighted by atomic mass is 10.2. The van der Waals surface area contributed by atoms with Crippen molar-refractivity contribution in [2.75, 3.05) is 0 Å². The average Bonchev–Trinajstić information content (AvgIpc) is 2.21. The molecule has 78 valence electrons. The predicted octanol–water partition coefficient (Wildman–Crippen LogP) is 1.93. The van der Waals surface area contributed by atoms with Crippen LogP contribution in [-0.2, 0) is 11.4 Å². The first-order valence-electron chi connectivity index (χ1n) is 4.21.